The van der Waals surface area contributed by atoms with Crippen LogP contribution in [0.25, 0.3) is 0 Å². The Balaban J connectivity index is 2.71. The minimum Gasteiger partial charge on any atom is -0.341 e. The third-order valence-electron chi connectivity index (χ3n) is 2.14. The molecule has 0 unspecified atom stereocenters. The topological polar surface area (TPSA) is 59.2 Å². The molecule has 4 nitrogen and oxygen atoms in total. The van der Waals surface area contributed by atoms with Gasteiger partial charge in [-0.05, 0) is 26.8 Å². The molecule has 0 aliphatic rings. The van der Waals surface area contributed by atoms with Crippen LogP contribution in [0.15, 0.2) is 0 Å². The van der Waals surface area contributed by atoms with Gasteiger partial charge in [-0.2, -0.15) is 0 Å². The molecule has 1 heterocycles. The van der Waals surface area contributed by atoms with Crippen molar-refractivity contribution in [3.05, 3.63) is 15.6 Å². The molecule has 0 bridgehead atoms. The van der Waals surface area contributed by atoms with Crippen molar-refractivity contribution in [1.82, 2.24) is 9.88 Å². The molecule has 0 aliphatic heterocycles. The average molecular weight is 227 g/mol. The first-order valence-corrected chi connectivity index (χ1v) is 5.77. The van der Waals surface area contributed by atoms with E-state index in [0.29, 0.717) is 13.1 Å². The van der Waals surface area contributed by atoms with E-state index in [1.807, 2.05) is 13.8 Å². The summed E-state index contributed by atoms with van der Waals surface area (Å²) in [4.78, 5) is 18.6. The summed E-state index contributed by atoms with van der Waals surface area (Å²) in [6, 6.07) is 0. The Morgan fingerprint density at radius 2 is 2.20 bits per heavy atom. The highest BCUT2D eigenvalue weighted by atomic mass is 32.1. The fourth-order valence-electron chi connectivity index (χ4n) is 1.33. The predicted molar refractivity (Wildman–Crippen MR) is 62.2 cm³/mol. The Bertz CT molecular complexity index is 348. The molecular weight excluding hydrogens is 210 g/mol. The van der Waals surface area contributed by atoms with Gasteiger partial charge in [0, 0.05) is 13.6 Å². The lowest BCUT2D eigenvalue weighted by Gasteiger charge is -2.15. The van der Waals surface area contributed by atoms with Crippen LogP contribution in [-0.2, 0) is 0 Å². The number of nitrogens with two attached hydrogens (primary N) is 1. The van der Waals surface area contributed by atoms with Gasteiger partial charge in [0.2, 0.25) is 0 Å². The third-order valence-corrected chi connectivity index (χ3v) is 3.20. The summed E-state index contributed by atoms with van der Waals surface area (Å²) in [5, 5.41) is 0.933. The molecule has 1 amide bonds. The number of aryl methyl sites for hydroxylation is 2. The van der Waals surface area contributed by atoms with E-state index in [1.165, 1.54) is 11.3 Å². The molecule has 0 saturated carbocycles. The van der Waals surface area contributed by atoms with Crippen LogP contribution in [0.4, 0.5) is 0 Å². The first-order chi connectivity index (χ1) is 7.06. The fraction of sp³-hybridized carbons (Fsp3) is 0.600. The monoisotopic (exact) mass is 227 g/mol. The lowest BCUT2D eigenvalue weighted by atomic mass is 10.3. The molecular formula is C10H17N3OS. The van der Waals surface area contributed by atoms with Gasteiger partial charge < -0.3 is 10.6 Å². The van der Waals surface area contributed by atoms with E-state index >= 15 is 0 Å². The highest BCUT2D eigenvalue weighted by Gasteiger charge is 2.17. The Morgan fingerprint density at radius 1 is 1.53 bits per heavy atom. The highest BCUT2D eigenvalue weighted by Crippen LogP contribution is 2.18. The number of thiazole rings is 1. The van der Waals surface area contributed by atoms with E-state index in [9.17, 15) is 4.79 Å². The molecule has 84 valence electrons. The van der Waals surface area contributed by atoms with Crippen LogP contribution in [0.2, 0.25) is 0 Å². The van der Waals surface area contributed by atoms with Crippen molar-refractivity contribution >= 4 is 17.2 Å². The molecule has 1 rings (SSSR count). The van der Waals surface area contributed by atoms with Crippen LogP contribution in [0, 0.1) is 13.8 Å². The molecule has 0 fully saturated rings. The van der Waals surface area contributed by atoms with E-state index in [4.69, 9.17) is 5.73 Å². The molecule has 0 radical (unpaired) electrons. The lowest BCUT2D eigenvalue weighted by Crippen LogP contribution is -2.28. The second-order valence-corrected chi connectivity index (χ2v) is 4.72. The SMILES string of the molecule is Cc1nc(C)c(C(=O)N(C)CCCN)s1. The molecule has 5 heteroatoms. The van der Waals surface area contributed by atoms with Crippen molar-refractivity contribution in [2.45, 2.75) is 20.3 Å². The molecule has 0 aliphatic carbocycles. The van der Waals surface area contributed by atoms with Gasteiger partial charge >= 0.3 is 0 Å². The quantitative estimate of drug-likeness (QED) is 0.840. The number of nitrogens with zero attached hydrogens (tertiary/aromatic N) is 2. The minimum absolute atomic E-state index is 0.0477. The summed E-state index contributed by atoms with van der Waals surface area (Å²) in [6.45, 7) is 5.09. The molecule has 15 heavy (non-hydrogen) atoms. The van der Waals surface area contributed by atoms with Crippen molar-refractivity contribution in [2.75, 3.05) is 20.1 Å². The smallest absolute Gasteiger partial charge is 0.265 e. The van der Waals surface area contributed by atoms with E-state index in [-0.39, 0.29) is 5.91 Å². The molecule has 1 aromatic rings. The average Bonchev–Trinajstić information content (AvgIpc) is 2.53. The van der Waals surface area contributed by atoms with Gasteiger partial charge in [-0.3, -0.25) is 4.79 Å². The van der Waals surface area contributed by atoms with Crippen molar-refractivity contribution < 1.29 is 4.79 Å². The number of carbonyl (C=O) groups excluding carboxylic acids is 1. The number of aromatic nitrogens is 1. The minimum atomic E-state index is 0.0477. The van der Waals surface area contributed by atoms with Crippen molar-refractivity contribution in [1.29, 1.82) is 0 Å². The van der Waals surface area contributed by atoms with Gasteiger partial charge in [0.25, 0.3) is 5.91 Å². The maximum Gasteiger partial charge on any atom is 0.265 e. The number of carbonyl (C=O) groups is 1. The molecule has 0 spiro atoms. The zero-order valence-corrected chi connectivity index (χ0v) is 10.2. The van der Waals surface area contributed by atoms with Crippen molar-refractivity contribution in [2.24, 2.45) is 5.73 Å². The molecule has 2 N–H and O–H groups in total. The molecule has 0 saturated heterocycles. The van der Waals surface area contributed by atoms with Crippen LogP contribution in [0.3, 0.4) is 0 Å². The second kappa shape index (κ2) is 5.23. The van der Waals surface area contributed by atoms with Crippen molar-refractivity contribution in [3.63, 3.8) is 0 Å². The zero-order chi connectivity index (χ0) is 11.4. The predicted octanol–water partition coefficient (Wildman–Crippen LogP) is 1.18. The van der Waals surface area contributed by atoms with Crippen LogP contribution >= 0.6 is 11.3 Å². The van der Waals surface area contributed by atoms with Gasteiger partial charge in [0.1, 0.15) is 4.88 Å². The van der Waals surface area contributed by atoms with Gasteiger partial charge in [-0.1, -0.05) is 0 Å². The second-order valence-electron chi connectivity index (χ2n) is 3.52. The van der Waals surface area contributed by atoms with Gasteiger partial charge in [-0.25, -0.2) is 4.98 Å². The Hall–Kier alpha value is -0.940. The largest absolute Gasteiger partial charge is 0.341 e. The van der Waals surface area contributed by atoms with Crippen molar-refractivity contribution in [3.8, 4) is 0 Å². The number of hydrogen-bond donors (Lipinski definition) is 1. The van der Waals surface area contributed by atoms with Crippen LogP contribution in [0.1, 0.15) is 26.8 Å². The van der Waals surface area contributed by atoms with Gasteiger partial charge in [0.15, 0.2) is 0 Å². The van der Waals surface area contributed by atoms with E-state index in [0.717, 1.165) is 22.0 Å². The standard InChI is InChI=1S/C10H17N3OS/c1-7-9(15-8(2)12-7)10(14)13(3)6-4-5-11/h4-6,11H2,1-3H3. The summed E-state index contributed by atoms with van der Waals surface area (Å²) in [6.07, 6.45) is 0.832. The zero-order valence-electron chi connectivity index (χ0n) is 9.41. The molecule has 1 aromatic heterocycles. The Morgan fingerprint density at radius 3 is 2.67 bits per heavy atom. The van der Waals surface area contributed by atoms with Crippen LogP contribution < -0.4 is 5.73 Å². The van der Waals surface area contributed by atoms with E-state index in [2.05, 4.69) is 4.98 Å². The number of rotatable bonds is 4. The number of amides is 1. The van der Waals surface area contributed by atoms with Crippen LogP contribution in [0.5, 0.6) is 0 Å². The van der Waals surface area contributed by atoms with E-state index < -0.39 is 0 Å². The maximum atomic E-state index is 11.9. The van der Waals surface area contributed by atoms with E-state index in [1.54, 1.807) is 11.9 Å². The first kappa shape index (κ1) is 12.1. The normalized spacial score (nSPS) is 10.4. The summed E-state index contributed by atoms with van der Waals surface area (Å²) >= 11 is 1.45. The summed E-state index contributed by atoms with van der Waals surface area (Å²) < 4.78 is 0. The van der Waals surface area contributed by atoms with Gasteiger partial charge in [-0.15, -0.1) is 11.3 Å². The lowest BCUT2D eigenvalue weighted by molar-refractivity contribution is 0.0798. The highest BCUT2D eigenvalue weighted by molar-refractivity contribution is 7.13. The summed E-state index contributed by atoms with van der Waals surface area (Å²) in [7, 11) is 1.80. The molecule has 0 atom stereocenters. The molecule has 0 aromatic carbocycles. The Kier molecular flexibility index (Phi) is 4.23. The summed E-state index contributed by atoms with van der Waals surface area (Å²) in [5.41, 5.74) is 6.22. The summed E-state index contributed by atoms with van der Waals surface area (Å²) in [5.74, 6) is 0.0477. The van der Waals surface area contributed by atoms with Crippen LogP contribution in [-0.4, -0.2) is 35.9 Å². The number of hydrogen-bond acceptors (Lipinski definition) is 4. The van der Waals surface area contributed by atoms with Gasteiger partial charge in [0.05, 0.1) is 10.7 Å². The fourth-order valence-corrected chi connectivity index (χ4v) is 2.25. The third kappa shape index (κ3) is 3.00. The maximum absolute atomic E-state index is 11.9. The Labute approximate surface area is 94.1 Å². The first-order valence-electron chi connectivity index (χ1n) is 4.95.